The summed E-state index contributed by atoms with van der Waals surface area (Å²) in [5.74, 6) is 0.732. The molecule has 0 aliphatic heterocycles. The van der Waals surface area contributed by atoms with E-state index in [9.17, 15) is 0 Å². The van der Waals surface area contributed by atoms with E-state index in [1.807, 2.05) is 12.3 Å². The Balaban J connectivity index is 2.38. The second-order valence-electron chi connectivity index (χ2n) is 5.28. The van der Waals surface area contributed by atoms with Gasteiger partial charge in [0.1, 0.15) is 0 Å². The number of aromatic nitrogens is 1. The molecule has 0 fully saturated rings. The Morgan fingerprint density at radius 1 is 1.16 bits per heavy atom. The zero-order chi connectivity index (χ0) is 13.7. The molecule has 2 unspecified atom stereocenters. The van der Waals surface area contributed by atoms with E-state index in [-0.39, 0.29) is 0 Å². The summed E-state index contributed by atoms with van der Waals surface area (Å²) < 4.78 is 0. The minimum atomic E-state index is 0.424. The van der Waals surface area contributed by atoms with E-state index < -0.39 is 0 Å². The molecule has 0 saturated carbocycles. The van der Waals surface area contributed by atoms with Gasteiger partial charge in [-0.15, -0.1) is 0 Å². The molecule has 0 amide bonds. The van der Waals surface area contributed by atoms with Crippen molar-refractivity contribution in [2.24, 2.45) is 5.92 Å². The van der Waals surface area contributed by atoms with Crippen LogP contribution in [0.4, 0.5) is 0 Å². The van der Waals surface area contributed by atoms with Crippen LogP contribution < -0.4 is 5.32 Å². The van der Waals surface area contributed by atoms with Crippen LogP contribution in [-0.2, 0) is 0 Å². The van der Waals surface area contributed by atoms with E-state index in [4.69, 9.17) is 0 Å². The molecule has 0 spiro atoms. The smallest absolute Gasteiger partial charge is 0.0705 e. The molecule has 1 aromatic carbocycles. The molecule has 0 aliphatic rings. The molecule has 19 heavy (non-hydrogen) atoms. The highest BCUT2D eigenvalue weighted by atomic mass is 14.9. The molecule has 0 radical (unpaired) electrons. The molecule has 0 saturated heterocycles. The van der Waals surface area contributed by atoms with Crippen LogP contribution in [0.5, 0.6) is 0 Å². The molecular formula is C17H24N2. The molecule has 102 valence electrons. The van der Waals surface area contributed by atoms with Crippen LogP contribution in [-0.4, -0.2) is 11.5 Å². The van der Waals surface area contributed by atoms with Gasteiger partial charge in [0.25, 0.3) is 0 Å². The zero-order valence-electron chi connectivity index (χ0n) is 12.2. The van der Waals surface area contributed by atoms with Crippen molar-refractivity contribution in [2.75, 3.05) is 6.54 Å². The quantitative estimate of drug-likeness (QED) is 0.832. The monoisotopic (exact) mass is 256 g/mol. The van der Waals surface area contributed by atoms with Crippen LogP contribution in [0.2, 0.25) is 0 Å². The number of hydrogen-bond acceptors (Lipinski definition) is 2. The summed E-state index contributed by atoms with van der Waals surface area (Å²) >= 11 is 0. The Kier molecular flexibility index (Phi) is 4.92. The number of fused-ring (bicyclic) bond motifs is 1. The van der Waals surface area contributed by atoms with Gasteiger partial charge in [-0.3, -0.25) is 4.98 Å². The standard InChI is InChI=1S/C17H24N2/c1-4-13(3)12-17(18-5-2)15-8-6-10-16-14(15)9-7-11-19-16/h6-11,13,17-18H,4-5,12H2,1-3H3. The van der Waals surface area contributed by atoms with Gasteiger partial charge in [0.2, 0.25) is 0 Å². The van der Waals surface area contributed by atoms with Crippen molar-refractivity contribution in [3.63, 3.8) is 0 Å². The van der Waals surface area contributed by atoms with Gasteiger partial charge in [0.05, 0.1) is 5.52 Å². The number of nitrogens with one attached hydrogen (secondary N) is 1. The van der Waals surface area contributed by atoms with Gasteiger partial charge in [0.15, 0.2) is 0 Å². The summed E-state index contributed by atoms with van der Waals surface area (Å²) in [5, 5.41) is 4.91. The van der Waals surface area contributed by atoms with Crippen LogP contribution in [0.3, 0.4) is 0 Å². The van der Waals surface area contributed by atoms with E-state index in [1.54, 1.807) is 0 Å². The van der Waals surface area contributed by atoms with E-state index in [1.165, 1.54) is 23.8 Å². The minimum Gasteiger partial charge on any atom is -0.310 e. The molecule has 2 atom stereocenters. The Morgan fingerprint density at radius 2 is 2.00 bits per heavy atom. The van der Waals surface area contributed by atoms with Crippen LogP contribution >= 0.6 is 0 Å². The van der Waals surface area contributed by atoms with Crippen molar-refractivity contribution in [3.05, 3.63) is 42.1 Å². The lowest BCUT2D eigenvalue weighted by Crippen LogP contribution is -2.23. The lowest BCUT2D eigenvalue weighted by Gasteiger charge is -2.23. The molecule has 2 heteroatoms. The summed E-state index contributed by atoms with van der Waals surface area (Å²) in [6.07, 6.45) is 4.27. The van der Waals surface area contributed by atoms with Crippen LogP contribution in [0.15, 0.2) is 36.5 Å². The number of pyridine rings is 1. The Bertz CT molecular complexity index is 516. The van der Waals surface area contributed by atoms with E-state index in [0.29, 0.717) is 6.04 Å². The van der Waals surface area contributed by atoms with E-state index in [0.717, 1.165) is 18.0 Å². The first kappa shape index (κ1) is 14.0. The largest absolute Gasteiger partial charge is 0.310 e. The molecule has 2 rings (SSSR count). The van der Waals surface area contributed by atoms with Crippen molar-refractivity contribution in [3.8, 4) is 0 Å². The van der Waals surface area contributed by atoms with E-state index >= 15 is 0 Å². The number of benzene rings is 1. The molecule has 2 aromatic rings. The molecule has 0 aliphatic carbocycles. The first-order valence-corrected chi connectivity index (χ1v) is 7.33. The fourth-order valence-corrected chi connectivity index (χ4v) is 2.57. The average Bonchev–Trinajstić information content (AvgIpc) is 2.46. The average molecular weight is 256 g/mol. The molecular weight excluding hydrogens is 232 g/mol. The molecule has 0 bridgehead atoms. The van der Waals surface area contributed by atoms with Gasteiger partial charge in [0, 0.05) is 17.6 Å². The SMILES string of the molecule is CCNC(CC(C)CC)c1cccc2ncccc12. The first-order valence-electron chi connectivity index (χ1n) is 7.33. The van der Waals surface area contributed by atoms with Gasteiger partial charge in [-0.05, 0) is 36.6 Å². The fraction of sp³-hybridized carbons (Fsp3) is 0.471. The van der Waals surface area contributed by atoms with Crippen molar-refractivity contribution >= 4 is 10.9 Å². The minimum absolute atomic E-state index is 0.424. The zero-order valence-corrected chi connectivity index (χ0v) is 12.2. The van der Waals surface area contributed by atoms with Crippen LogP contribution in [0.25, 0.3) is 10.9 Å². The maximum Gasteiger partial charge on any atom is 0.0705 e. The lowest BCUT2D eigenvalue weighted by molar-refractivity contribution is 0.410. The summed E-state index contributed by atoms with van der Waals surface area (Å²) in [4.78, 5) is 4.46. The van der Waals surface area contributed by atoms with Gasteiger partial charge in [-0.25, -0.2) is 0 Å². The highest BCUT2D eigenvalue weighted by Crippen LogP contribution is 2.28. The summed E-state index contributed by atoms with van der Waals surface area (Å²) in [7, 11) is 0. The van der Waals surface area contributed by atoms with E-state index in [2.05, 4.69) is 55.3 Å². The van der Waals surface area contributed by atoms with Crippen molar-refractivity contribution in [1.29, 1.82) is 0 Å². The Labute approximate surface area is 116 Å². The maximum atomic E-state index is 4.46. The highest BCUT2D eigenvalue weighted by Gasteiger charge is 2.15. The van der Waals surface area contributed by atoms with Crippen molar-refractivity contribution in [2.45, 2.75) is 39.7 Å². The van der Waals surface area contributed by atoms with Gasteiger partial charge >= 0.3 is 0 Å². The Hall–Kier alpha value is -1.41. The summed E-state index contributed by atoms with van der Waals surface area (Å²) in [5.41, 5.74) is 2.47. The highest BCUT2D eigenvalue weighted by molar-refractivity contribution is 5.82. The van der Waals surface area contributed by atoms with Crippen molar-refractivity contribution in [1.82, 2.24) is 10.3 Å². The third kappa shape index (κ3) is 3.32. The fourth-order valence-electron chi connectivity index (χ4n) is 2.57. The maximum absolute atomic E-state index is 4.46. The molecule has 1 heterocycles. The lowest BCUT2D eigenvalue weighted by atomic mass is 9.92. The van der Waals surface area contributed by atoms with Crippen LogP contribution in [0, 0.1) is 5.92 Å². The summed E-state index contributed by atoms with van der Waals surface area (Å²) in [6.45, 7) is 7.76. The second kappa shape index (κ2) is 6.67. The van der Waals surface area contributed by atoms with Crippen LogP contribution in [0.1, 0.15) is 45.2 Å². The molecule has 2 nitrogen and oxygen atoms in total. The van der Waals surface area contributed by atoms with Crippen molar-refractivity contribution < 1.29 is 0 Å². The number of hydrogen-bond donors (Lipinski definition) is 1. The number of nitrogens with zero attached hydrogens (tertiary/aromatic N) is 1. The Morgan fingerprint density at radius 3 is 2.74 bits per heavy atom. The summed E-state index contributed by atoms with van der Waals surface area (Å²) in [6, 6.07) is 11.1. The topological polar surface area (TPSA) is 24.9 Å². The normalized spacial score (nSPS) is 14.5. The van der Waals surface area contributed by atoms with Gasteiger partial charge in [-0.1, -0.05) is 45.4 Å². The third-order valence-corrected chi connectivity index (χ3v) is 3.84. The molecule has 1 aromatic heterocycles. The van der Waals surface area contributed by atoms with Gasteiger partial charge < -0.3 is 5.32 Å². The van der Waals surface area contributed by atoms with Gasteiger partial charge in [-0.2, -0.15) is 0 Å². The second-order valence-corrected chi connectivity index (χ2v) is 5.28. The molecule has 1 N–H and O–H groups in total. The number of rotatable bonds is 6. The predicted molar refractivity (Wildman–Crippen MR) is 82.2 cm³/mol. The first-order chi connectivity index (χ1) is 9.26. The third-order valence-electron chi connectivity index (χ3n) is 3.84. The predicted octanol–water partition coefficient (Wildman–Crippen LogP) is 4.32.